The lowest BCUT2D eigenvalue weighted by molar-refractivity contribution is 0.669. The SMILES string of the molecule is c1ccc2c(c1)[nH]c1c(-c3ccc4c(c3)oc3ccccc34)cccc12. The molecule has 0 radical (unpaired) electrons. The van der Waals surface area contributed by atoms with Crippen molar-refractivity contribution in [3.05, 3.63) is 84.9 Å². The Bertz CT molecular complexity index is 1430. The summed E-state index contributed by atoms with van der Waals surface area (Å²) in [6, 6.07) is 29.6. The summed E-state index contributed by atoms with van der Waals surface area (Å²) < 4.78 is 6.08. The normalized spacial score (nSPS) is 11.8. The molecule has 2 nitrogen and oxygen atoms in total. The third-order valence-electron chi connectivity index (χ3n) is 5.23. The van der Waals surface area contributed by atoms with Gasteiger partial charge < -0.3 is 9.40 Å². The molecule has 0 saturated heterocycles. The van der Waals surface area contributed by atoms with Crippen LogP contribution in [0.15, 0.2) is 89.3 Å². The second-order valence-corrected chi connectivity index (χ2v) is 6.71. The Kier molecular flexibility index (Phi) is 2.64. The second kappa shape index (κ2) is 4.99. The molecule has 6 aromatic rings. The molecule has 0 fully saturated rings. The number of aromatic nitrogens is 1. The molecule has 0 aliphatic rings. The first-order valence-electron chi connectivity index (χ1n) is 8.79. The van der Waals surface area contributed by atoms with Crippen LogP contribution < -0.4 is 0 Å². The highest BCUT2D eigenvalue weighted by atomic mass is 16.3. The predicted molar refractivity (Wildman–Crippen MR) is 109 cm³/mol. The number of hydrogen-bond donors (Lipinski definition) is 1. The minimum atomic E-state index is 0.928. The average Bonchev–Trinajstić information content (AvgIpc) is 3.25. The van der Waals surface area contributed by atoms with Gasteiger partial charge in [-0.1, -0.05) is 60.7 Å². The van der Waals surface area contributed by atoms with Crippen molar-refractivity contribution < 1.29 is 4.42 Å². The quantitative estimate of drug-likeness (QED) is 0.349. The van der Waals surface area contributed by atoms with Gasteiger partial charge in [-0.3, -0.25) is 0 Å². The van der Waals surface area contributed by atoms with Crippen molar-refractivity contribution in [1.29, 1.82) is 0 Å². The molecule has 6 rings (SSSR count). The van der Waals surface area contributed by atoms with Crippen LogP contribution in [0.1, 0.15) is 0 Å². The van der Waals surface area contributed by atoms with Crippen molar-refractivity contribution in [3.8, 4) is 11.1 Å². The molecule has 0 bridgehead atoms. The van der Waals surface area contributed by atoms with Gasteiger partial charge in [-0.15, -0.1) is 0 Å². The Morgan fingerprint density at radius 1 is 0.577 bits per heavy atom. The summed E-state index contributed by atoms with van der Waals surface area (Å²) in [6.45, 7) is 0. The molecule has 0 amide bonds. The fraction of sp³-hybridized carbons (Fsp3) is 0. The van der Waals surface area contributed by atoms with E-state index in [1.807, 2.05) is 12.1 Å². The molecule has 1 N–H and O–H groups in total. The summed E-state index contributed by atoms with van der Waals surface area (Å²) in [5.74, 6) is 0. The van der Waals surface area contributed by atoms with E-state index >= 15 is 0 Å². The zero-order chi connectivity index (χ0) is 17.1. The van der Waals surface area contributed by atoms with E-state index in [0.717, 1.165) is 27.5 Å². The van der Waals surface area contributed by atoms with Crippen molar-refractivity contribution in [2.75, 3.05) is 0 Å². The van der Waals surface area contributed by atoms with Gasteiger partial charge in [0.05, 0.1) is 5.52 Å². The van der Waals surface area contributed by atoms with Crippen LogP contribution in [0, 0.1) is 0 Å². The molecule has 2 heteroatoms. The first kappa shape index (κ1) is 13.7. The number of aromatic amines is 1. The van der Waals surface area contributed by atoms with Crippen molar-refractivity contribution in [2.24, 2.45) is 0 Å². The Hall–Kier alpha value is -3.52. The zero-order valence-corrected chi connectivity index (χ0v) is 14.0. The summed E-state index contributed by atoms with van der Waals surface area (Å²) in [4.78, 5) is 3.59. The summed E-state index contributed by atoms with van der Waals surface area (Å²) in [6.07, 6.45) is 0. The maximum absolute atomic E-state index is 6.08. The van der Waals surface area contributed by atoms with Crippen LogP contribution in [0.3, 0.4) is 0 Å². The minimum absolute atomic E-state index is 0.928. The number of H-pyrrole nitrogens is 1. The first-order chi connectivity index (χ1) is 12.9. The molecule has 0 spiro atoms. The first-order valence-corrected chi connectivity index (χ1v) is 8.79. The standard InChI is InChI=1S/C24H15NO/c1-3-10-21-17(6-1)20-9-5-8-16(24(20)25-21)15-12-13-19-18-7-2-4-11-22(18)26-23(19)14-15/h1-14,25H. The van der Waals surface area contributed by atoms with Crippen LogP contribution in [0.2, 0.25) is 0 Å². The topological polar surface area (TPSA) is 28.9 Å². The van der Waals surface area contributed by atoms with Crippen LogP contribution in [0.4, 0.5) is 0 Å². The smallest absolute Gasteiger partial charge is 0.136 e. The van der Waals surface area contributed by atoms with Crippen LogP contribution >= 0.6 is 0 Å². The van der Waals surface area contributed by atoms with Gasteiger partial charge in [-0.25, -0.2) is 0 Å². The lowest BCUT2D eigenvalue weighted by Crippen LogP contribution is -1.80. The maximum Gasteiger partial charge on any atom is 0.136 e. The van der Waals surface area contributed by atoms with Gasteiger partial charge in [-0.05, 0) is 29.8 Å². The molecular formula is C24H15NO. The predicted octanol–water partition coefficient (Wildman–Crippen LogP) is 6.89. The van der Waals surface area contributed by atoms with Gasteiger partial charge in [-0.2, -0.15) is 0 Å². The summed E-state index contributed by atoms with van der Waals surface area (Å²) in [5.41, 5.74) is 6.55. The maximum atomic E-state index is 6.08. The Morgan fingerprint density at radius 2 is 1.35 bits per heavy atom. The molecule has 122 valence electrons. The number of hydrogen-bond acceptors (Lipinski definition) is 1. The van der Waals surface area contributed by atoms with Crippen molar-refractivity contribution in [3.63, 3.8) is 0 Å². The zero-order valence-electron chi connectivity index (χ0n) is 14.0. The van der Waals surface area contributed by atoms with Crippen LogP contribution in [0.5, 0.6) is 0 Å². The lowest BCUT2D eigenvalue weighted by atomic mass is 10.0. The van der Waals surface area contributed by atoms with Crippen LogP contribution in [-0.4, -0.2) is 4.98 Å². The van der Waals surface area contributed by atoms with E-state index in [0.29, 0.717) is 0 Å². The van der Waals surface area contributed by atoms with E-state index in [2.05, 4.69) is 77.8 Å². The van der Waals surface area contributed by atoms with Gasteiger partial charge >= 0.3 is 0 Å². The number of furan rings is 1. The monoisotopic (exact) mass is 333 g/mol. The lowest BCUT2D eigenvalue weighted by Gasteiger charge is -2.04. The highest BCUT2D eigenvalue weighted by Crippen LogP contribution is 2.36. The van der Waals surface area contributed by atoms with E-state index < -0.39 is 0 Å². The average molecular weight is 333 g/mol. The van der Waals surface area contributed by atoms with Gasteiger partial charge in [0.1, 0.15) is 11.2 Å². The van der Waals surface area contributed by atoms with Gasteiger partial charge in [0, 0.05) is 32.6 Å². The third-order valence-corrected chi connectivity index (χ3v) is 5.23. The fourth-order valence-electron chi connectivity index (χ4n) is 4.01. The molecular weight excluding hydrogens is 318 g/mol. The van der Waals surface area contributed by atoms with Gasteiger partial charge in [0.25, 0.3) is 0 Å². The highest BCUT2D eigenvalue weighted by Gasteiger charge is 2.12. The van der Waals surface area contributed by atoms with Crippen molar-refractivity contribution in [2.45, 2.75) is 0 Å². The number of para-hydroxylation sites is 3. The molecule has 2 heterocycles. The van der Waals surface area contributed by atoms with Gasteiger partial charge in [0.15, 0.2) is 0 Å². The molecule has 26 heavy (non-hydrogen) atoms. The Morgan fingerprint density at radius 3 is 2.31 bits per heavy atom. The summed E-state index contributed by atoms with van der Waals surface area (Å²) >= 11 is 0. The minimum Gasteiger partial charge on any atom is -0.456 e. The second-order valence-electron chi connectivity index (χ2n) is 6.71. The number of nitrogens with one attached hydrogen (secondary N) is 1. The third kappa shape index (κ3) is 1.81. The molecule has 0 atom stereocenters. The number of rotatable bonds is 1. The summed E-state index contributed by atoms with van der Waals surface area (Å²) in [7, 11) is 0. The molecule has 0 unspecified atom stereocenters. The van der Waals surface area contributed by atoms with Crippen molar-refractivity contribution >= 4 is 43.7 Å². The molecule has 4 aromatic carbocycles. The highest BCUT2D eigenvalue weighted by molar-refractivity contribution is 6.12. The number of fused-ring (bicyclic) bond motifs is 6. The molecule has 0 aliphatic carbocycles. The van der Waals surface area contributed by atoms with E-state index in [1.165, 1.54) is 27.4 Å². The molecule has 2 aromatic heterocycles. The fourth-order valence-corrected chi connectivity index (χ4v) is 4.01. The van der Waals surface area contributed by atoms with E-state index in [9.17, 15) is 0 Å². The van der Waals surface area contributed by atoms with Crippen molar-refractivity contribution in [1.82, 2.24) is 4.98 Å². The summed E-state index contributed by atoms with van der Waals surface area (Å²) in [5, 5.41) is 4.84. The van der Waals surface area contributed by atoms with E-state index in [-0.39, 0.29) is 0 Å². The molecule has 0 saturated carbocycles. The Labute approximate surface area is 149 Å². The Balaban J connectivity index is 1.66. The van der Waals surface area contributed by atoms with E-state index in [4.69, 9.17) is 4.42 Å². The van der Waals surface area contributed by atoms with Crippen LogP contribution in [0.25, 0.3) is 54.9 Å². The largest absolute Gasteiger partial charge is 0.456 e. The van der Waals surface area contributed by atoms with Crippen LogP contribution in [-0.2, 0) is 0 Å². The van der Waals surface area contributed by atoms with Gasteiger partial charge in [0.2, 0.25) is 0 Å². The van der Waals surface area contributed by atoms with E-state index in [1.54, 1.807) is 0 Å². The number of benzene rings is 4. The molecule has 0 aliphatic heterocycles.